The molecule has 14 heteroatoms. The summed E-state index contributed by atoms with van der Waals surface area (Å²) in [5, 5.41) is 50.1. The molecule has 0 aromatic carbocycles. The maximum atomic E-state index is 12.8. The monoisotopic (exact) mass is 867 g/mol. The maximum absolute atomic E-state index is 12.8. The van der Waals surface area contributed by atoms with Gasteiger partial charge in [-0.15, -0.1) is 0 Å². The van der Waals surface area contributed by atoms with Crippen molar-refractivity contribution in [2.45, 2.75) is 262 Å². The second kappa shape index (κ2) is 36.3. The van der Waals surface area contributed by atoms with Crippen LogP contribution in [0.2, 0.25) is 0 Å². The second-order valence-electron chi connectivity index (χ2n) is 17.0. The number of rotatable bonds is 40. The van der Waals surface area contributed by atoms with Crippen LogP contribution in [-0.2, 0) is 32.7 Å². The Morgan fingerprint density at radius 1 is 0.458 bits per heavy atom. The largest absolute Gasteiger partial charge is 0.472 e. The molecule has 1 saturated carbocycles. The molecule has 1 aliphatic rings. The highest BCUT2D eigenvalue weighted by molar-refractivity contribution is 7.47. The van der Waals surface area contributed by atoms with Crippen molar-refractivity contribution in [3.8, 4) is 0 Å². The van der Waals surface area contributed by atoms with Crippen LogP contribution in [0.4, 0.5) is 0 Å². The zero-order valence-electron chi connectivity index (χ0n) is 37.1. The Balaban J connectivity index is 2.33. The van der Waals surface area contributed by atoms with Gasteiger partial charge < -0.3 is 39.9 Å². The van der Waals surface area contributed by atoms with E-state index in [1.165, 1.54) is 141 Å². The second-order valence-corrected chi connectivity index (χ2v) is 18.4. The number of carbonyl (C=O) groups is 2. The van der Waals surface area contributed by atoms with E-state index in [0.29, 0.717) is 12.8 Å². The minimum atomic E-state index is -5.10. The van der Waals surface area contributed by atoms with E-state index in [1.807, 2.05) is 0 Å². The number of ether oxygens (including phenoxy) is 2. The van der Waals surface area contributed by atoms with Gasteiger partial charge in [-0.05, 0) is 12.8 Å². The van der Waals surface area contributed by atoms with Crippen LogP contribution in [0.3, 0.4) is 0 Å². The van der Waals surface area contributed by atoms with E-state index >= 15 is 0 Å². The average Bonchev–Trinajstić information content (AvgIpc) is 3.21. The number of aliphatic hydroxyl groups excluding tert-OH is 5. The molecule has 6 unspecified atom stereocenters. The molecule has 0 aromatic heterocycles. The Hall–Kier alpha value is -1.15. The molecule has 0 spiro atoms. The molecule has 0 radical (unpaired) electrons. The SMILES string of the molecule is CCCCCCCCCCCCCCCCCCCCCCCCC(=O)O[C@H](COC(=O)CCCCCCCCCC)COP(=O)(O)OC1C(O)C(O)C(O)[C@H](O)C1O. The number of phosphoric ester groups is 1. The third-order valence-electron chi connectivity index (χ3n) is 11.4. The van der Waals surface area contributed by atoms with Crippen LogP contribution in [0.1, 0.15) is 219 Å². The van der Waals surface area contributed by atoms with Crippen molar-refractivity contribution in [2.75, 3.05) is 13.2 Å². The van der Waals surface area contributed by atoms with Gasteiger partial charge in [-0.2, -0.15) is 0 Å². The van der Waals surface area contributed by atoms with Crippen LogP contribution in [0.25, 0.3) is 0 Å². The van der Waals surface area contributed by atoms with Crippen molar-refractivity contribution in [3.05, 3.63) is 0 Å². The zero-order chi connectivity index (χ0) is 43.6. The summed E-state index contributed by atoms with van der Waals surface area (Å²) < 4.78 is 33.4. The van der Waals surface area contributed by atoms with Gasteiger partial charge in [0.25, 0.3) is 0 Å². The third kappa shape index (κ3) is 29.0. The summed E-state index contributed by atoms with van der Waals surface area (Å²) in [5.74, 6) is -1.09. The van der Waals surface area contributed by atoms with Crippen molar-refractivity contribution in [2.24, 2.45) is 0 Å². The molecule has 0 saturated heterocycles. The number of unbranched alkanes of at least 4 members (excludes halogenated alkanes) is 28. The third-order valence-corrected chi connectivity index (χ3v) is 12.4. The highest BCUT2D eigenvalue weighted by Crippen LogP contribution is 2.47. The first kappa shape index (κ1) is 55.9. The molecule has 0 aliphatic heterocycles. The number of hydrogen-bond donors (Lipinski definition) is 6. The molecule has 0 amide bonds. The number of hydrogen-bond acceptors (Lipinski definition) is 12. The highest BCUT2D eigenvalue weighted by Gasteiger charge is 2.51. The van der Waals surface area contributed by atoms with E-state index in [4.69, 9.17) is 18.5 Å². The van der Waals surface area contributed by atoms with Crippen molar-refractivity contribution >= 4 is 19.8 Å². The van der Waals surface area contributed by atoms with Gasteiger partial charge in [-0.3, -0.25) is 18.6 Å². The highest BCUT2D eigenvalue weighted by atomic mass is 31.2. The number of esters is 2. The summed E-state index contributed by atoms with van der Waals surface area (Å²) in [7, 11) is -5.10. The fourth-order valence-corrected chi connectivity index (χ4v) is 8.56. The molecule has 0 aromatic rings. The molecule has 1 aliphatic carbocycles. The summed E-state index contributed by atoms with van der Waals surface area (Å²) in [6, 6.07) is 0. The van der Waals surface area contributed by atoms with E-state index in [1.54, 1.807) is 0 Å². The number of aliphatic hydroxyl groups is 5. The van der Waals surface area contributed by atoms with E-state index < -0.39 is 75.7 Å². The quantitative estimate of drug-likeness (QED) is 0.0193. The van der Waals surface area contributed by atoms with E-state index in [-0.39, 0.29) is 12.8 Å². The normalized spacial score (nSPS) is 22.2. The predicted molar refractivity (Wildman–Crippen MR) is 231 cm³/mol. The van der Waals surface area contributed by atoms with Gasteiger partial charge in [-0.1, -0.05) is 194 Å². The topological polar surface area (TPSA) is 210 Å². The lowest BCUT2D eigenvalue weighted by molar-refractivity contribution is -0.220. The number of carbonyl (C=O) groups excluding carboxylic acids is 2. The van der Waals surface area contributed by atoms with E-state index in [2.05, 4.69) is 13.8 Å². The van der Waals surface area contributed by atoms with Crippen molar-refractivity contribution in [1.29, 1.82) is 0 Å². The Bertz CT molecular complexity index is 1050. The molecule has 350 valence electrons. The fourth-order valence-electron chi connectivity index (χ4n) is 7.58. The van der Waals surface area contributed by atoms with Gasteiger partial charge in [0.05, 0.1) is 6.61 Å². The molecule has 0 heterocycles. The van der Waals surface area contributed by atoms with Gasteiger partial charge in [0, 0.05) is 12.8 Å². The van der Waals surface area contributed by atoms with E-state index in [9.17, 15) is 44.6 Å². The molecular formula is C45H87O13P. The Morgan fingerprint density at radius 2 is 0.763 bits per heavy atom. The zero-order valence-corrected chi connectivity index (χ0v) is 38.0. The lowest BCUT2D eigenvalue weighted by Crippen LogP contribution is -2.64. The Morgan fingerprint density at radius 3 is 1.12 bits per heavy atom. The molecular weight excluding hydrogens is 779 g/mol. The van der Waals surface area contributed by atoms with Crippen LogP contribution in [0.5, 0.6) is 0 Å². The van der Waals surface area contributed by atoms with Crippen LogP contribution in [-0.4, -0.2) is 98.3 Å². The van der Waals surface area contributed by atoms with Gasteiger partial charge in [0.1, 0.15) is 43.2 Å². The summed E-state index contributed by atoms with van der Waals surface area (Å²) in [6.45, 7) is 3.28. The molecule has 13 nitrogen and oxygen atoms in total. The molecule has 1 fully saturated rings. The molecule has 1 rings (SSSR count). The molecule has 0 bridgehead atoms. The Labute approximate surface area is 357 Å². The summed E-state index contributed by atoms with van der Waals surface area (Å²) in [4.78, 5) is 35.5. The van der Waals surface area contributed by atoms with Crippen molar-refractivity contribution in [3.63, 3.8) is 0 Å². The molecule has 8 atom stereocenters. The molecule has 6 N–H and O–H groups in total. The lowest BCUT2D eigenvalue weighted by Gasteiger charge is -2.41. The lowest BCUT2D eigenvalue weighted by atomic mass is 9.85. The maximum Gasteiger partial charge on any atom is 0.472 e. The minimum Gasteiger partial charge on any atom is -0.462 e. The average molecular weight is 867 g/mol. The van der Waals surface area contributed by atoms with Crippen molar-refractivity contribution < 1.29 is 63.1 Å². The van der Waals surface area contributed by atoms with Gasteiger partial charge in [0.2, 0.25) is 0 Å². The van der Waals surface area contributed by atoms with Gasteiger partial charge in [-0.25, -0.2) is 4.57 Å². The van der Waals surface area contributed by atoms with Crippen LogP contribution < -0.4 is 0 Å². The predicted octanol–water partition coefficient (Wildman–Crippen LogP) is 9.28. The smallest absolute Gasteiger partial charge is 0.462 e. The Kier molecular flexibility index (Phi) is 34.4. The first-order chi connectivity index (χ1) is 28.4. The van der Waals surface area contributed by atoms with Crippen LogP contribution in [0, 0.1) is 0 Å². The van der Waals surface area contributed by atoms with Crippen molar-refractivity contribution in [1.82, 2.24) is 0 Å². The first-order valence-electron chi connectivity index (χ1n) is 23.8. The van der Waals surface area contributed by atoms with E-state index in [0.717, 1.165) is 38.5 Å². The minimum absolute atomic E-state index is 0.105. The van der Waals surface area contributed by atoms with Crippen LogP contribution >= 0.6 is 7.82 Å². The summed E-state index contributed by atoms with van der Waals surface area (Å²) in [6.07, 6.45) is 23.3. The standard InChI is InChI=1S/C45H87O13P/c1-3-5-7-9-11-13-14-15-16-17-18-19-20-21-22-23-24-25-26-28-30-32-34-39(47)57-37(35-55-38(46)33-31-29-27-12-10-8-6-4-2)36-56-59(53,54)58-45-43(51)41(49)40(48)42(50)44(45)52/h37,40-45,48-52H,3-36H2,1-2H3,(H,53,54)/t37-,40?,41+,42?,43?,44?,45?/m1/s1. The van der Waals surface area contributed by atoms with Gasteiger partial charge >= 0.3 is 19.8 Å². The first-order valence-corrected chi connectivity index (χ1v) is 25.3. The number of phosphoric acid groups is 1. The fraction of sp³-hybridized carbons (Fsp3) is 0.956. The van der Waals surface area contributed by atoms with Crippen LogP contribution in [0.15, 0.2) is 0 Å². The summed E-state index contributed by atoms with van der Waals surface area (Å²) >= 11 is 0. The van der Waals surface area contributed by atoms with Gasteiger partial charge in [0.15, 0.2) is 6.10 Å². The molecule has 59 heavy (non-hydrogen) atoms. The summed E-state index contributed by atoms with van der Waals surface area (Å²) in [5.41, 5.74) is 0.